The van der Waals surface area contributed by atoms with Gasteiger partial charge in [-0.05, 0) is 60.7 Å². The standard InChI is InChI=1S/C25H26FN3O5S/c1-33-23-4-2-3-20(17-23)27-35(31,32)24-11-9-22(10-12-24)34-18-25(30)29-15-13-28(14-16-29)21-7-5-19(26)6-8-21/h2-12,17,27H,13-16,18H2,1H3. The highest BCUT2D eigenvalue weighted by Gasteiger charge is 2.22. The average molecular weight is 500 g/mol. The van der Waals surface area contributed by atoms with Crippen LogP contribution in [0.2, 0.25) is 0 Å². The van der Waals surface area contributed by atoms with Crippen molar-refractivity contribution in [3.63, 3.8) is 0 Å². The molecule has 0 bridgehead atoms. The summed E-state index contributed by atoms with van der Waals surface area (Å²) in [5.41, 5.74) is 1.31. The summed E-state index contributed by atoms with van der Waals surface area (Å²) in [5, 5.41) is 0. The first-order valence-electron chi connectivity index (χ1n) is 11.0. The van der Waals surface area contributed by atoms with Crippen molar-refractivity contribution in [1.29, 1.82) is 0 Å². The number of amides is 1. The molecule has 184 valence electrons. The Bertz CT molecular complexity index is 1260. The molecule has 1 saturated heterocycles. The minimum Gasteiger partial charge on any atom is -0.497 e. The normalized spacial score (nSPS) is 13.9. The van der Waals surface area contributed by atoms with Crippen molar-refractivity contribution in [2.24, 2.45) is 0 Å². The van der Waals surface area contributed by atoms with Crippen LogP contribution in [0.25, 0.3) is 0 Å². The topological polar surface area (TPSA) is 88.2 Å². The molecule has 0 spiro atoms. The van der Waals surface area contributed by atoms with Gasteiger partial charge in [0.25, 0.3) is 15.9 Å². The van der Waals surface area contributed by atoms with Gasteiger partial charge in [-0.25, -0.2) is 12.8 Å². The van der Waals surface area contributed by atoms with Crippen LogP contribution >= 0.6 is 0 Å². The van der Waals surface area contributed by atoms with Gasteiger partial charge in [-0.15, -0.1) is 0 Å². The monoisotopic (exact) mass is 499 g/mol. The first-order valence-corrected chi connectivity index (χ1v) is 12.5. The van der Waals surface area contributed by atoms with Crippen molar-refractivity contribution in [2.75, 3.05) is 49.5 Å². The lowest BCUT2D eigenvalue weighted by Crippen LogP contribution is -2.50. The van der Waals surface area contributed by atoms with E-state index in [1.807, 2.05) is 0 Å². The zero-order chi connectivity index (χ0) is 24.8. The first kappa shape index (κ1) is 24.3. The number of benzene rings is 3. The molecular formula is C25H26FN3O5S. The number of rotatable bonds is 8. The van der Waals surface area contributed by atoms with E-state index in [0.29, 0.717) is 43.4 Å². The summed E-state index contributed by atoms with van der Waals surface area (Å²) in [7, 11) is -2.29. The maximum atomic E-state index is 13.1. The number of anilines is 2. The molecule has 10 heteroatoms. The second-order valence-corrected chi connectivity index (χ2v) is 9.62. The predicted octanol–water partition coefficient (Wildman–Crippen LogP) is 3.36. The van der Waals surface area contributed by atoms with Crippen LogP contribution in [0.1, 0.15) is 0 Å². The molecule has 0 saturated carbocycles. The van der Waals surface area contributed by atoms with E-state index in [4.69, 9.17) is 9.47 Å². The zero-order valence-electron chi connectivity index (χ0n) is 19.2. The Morgan fingerprint density at radius 2 is 1.63 bits per heavy atom. The van der Waals surface area contributed by atoms with Gasteiger partial charge < -0.3 is 19.3 Å². The summed E-state index contributed by atoms with van der Waals surface area (Å²) in [6.45, 7) is 2.21. The van der Waals surface area contributed by atoms with Gasteiger partial charge in [-0.1, -0.05) is 6.07 Å². The largest absolute Gasteiger partial charge is 0.497 e. The van der Waals surface area contributed by atoms with E-state index in [1.165, 1.54) is 43.5 Å². The van der Waals surface area contributed by atoms with Crippen LogP contribution in [0.5, 0.6) is 11.5 Å². The number of ether oxygens (including phenoxy) is 2. The SMILES string of the molecule is COc1cccc(NS(=O)(=O)c2ccc(OCC(=O)N3CCN(c4ccc(F)cc4)CC3)cc2)c1. The smallest absolute Gasteiger partial charge is 0.261 e. The average Bonchev–Trinajstić information content (AvgIpc) is 2.88. The quantitative estimate of drug-likeness (QED) is 0.512. The highest BCUT2D eigenvalue weighted by Crippen LogP contribution is 2.22. The van der Waals surface area contributed by atoms with Gasteiger partial charge in [-0.2, -0.15) is 0 Å². The third-order valence-electron chi connectivity index (χ3n) is 5.64. The maximum Gasteiger partial charge on any atom is 0.261 e. The molecule has 35 heavy (non-hydrogen) atoms. The molecule has 0 atom stereocenters. The lowest BCUT2D eigenvalue weighted by Gasteiger charge is -2.36. The van der Waals surface area contributed by atoms with Crippen LogP contribution < -0.4 is 19.1 Å². The molecule has 1 aliphatic rings. The van der Waals surface area contributed by atoms with Crippen molar-refractivity contribution in [2.45, 2.75) is 4.90 Å². The number of sulfonamides is 1. The molecular weight excluding hydrogens is 473 g/mol. The fourth-order valence-electron chi connectivity index (χ4n) is 3.72. The number of carbonyl (C=O) groups is 1. The zero-order valence-corrected chi connectivity index (χ0v) is 20.0. The molecule has 3 aromatic rings. The van der Waals surface area contributed by atoms with Gasteiger partial charge in [0, 0.05) is 37.9 Å². The lowest BCUT2D eigenvalue weighted by atomic mass is 10.2. The molecule has 1 fully saturated rings. The van der Waals surface area contributed by atoms with Gasteiger partial charge in [0.15, 0.2) is 6.61 Å². The Morgan fingerprint density at radius 3 is 2.29 bits per heavy atom. The minimum atomic E-state index is -3.80. The summed E-state index contributed by atoms with van der Waals surface area (Å²) >= 11 is 0. The van der Waals surface area contributed by atoms with Crippen LogP contribution in [0.4, 0.5) is 15.8 Å². The number of piperazine rings is 1. The Hall–Kier alpha value is -3.79. The fourth-order valence-corrected chi connectivity index (χ4v) is 4.77. The maximum absolute atomic E-state index is 13.1. The molecule has 1 amide bonds. The summed E-state index contributed by atoms with van der Waals surface area (Å²) in [5.74, 6) is 0.498. The number of methoxy groups -OCH3 is 1. The Labute approximate surface area is 203 Å². The Morgan fingerprint density at radius 1 is 0.943 bits per heavy atom. The van der Waals surface area contributed by atoms with E-state index in [2.05, 4.69) is 9.62 Å². The predicted molar refractivity (Wildman–Crippen MR) is 131 cm³/mol. The van der Waals surface area contributed by atoms with Crippen molar-refractivity contribution >= 4 is 27.3 Å². The van der Waals surface area contributed by atoms with Gasteiger partial charge in [0.2, 0.25) is 0 Å². The number of nitrogens with zero attached hydrogens (tertiary/aromatic N) is 2. The lowest BCUT2D eigenvalue weighted by molar-refractivity contribution is -0.133. The Kier molecular flexibility index (Phi) is 7.40. The Balaban J connectivity index is 1.28. The minimum absolute atomic E-state index is 0.0657. The molecule has 3 aromatic carbocycles. The first-order chi connectivity index (χ1) is 16.8. The summed E-state index contributed by atoms with van der Waals surface area (Å²) in [6, 6.07) is 18.8. The number of hydrogen-bond acceptors (Lipinski definition) is 6. The molecule has 0 aromatic heterocycles. The van der Waals surface area contributed by atoms with E-state index in [-0.39, 0.29) is 23.2 Å². The van der Waals surface area contributed by atoms with Crippen molar-refractivity contribution < 1.29 is 27.1 Å². The second kappa shape index (κ2) is 10.6. The van der Waals surface area contributed by atoms with E-state index < -0.39 is 10.0 Å². The van der Waals surface area contributed by atoms with Crippen LogP contribution in [0.3, 0.4) is 0 Å². The van der Waals surface area contributed by atoms with Crippen LogP contribution in [-0.2, 0) is 14.8 Å². The van der Waals surface area contributed by atoms with E-state index >= 15 is 0 Å². The van der Waals surface area contributed by atoms with Crippen molar-refractivity contribution in [3.8, 4) is 11.5 Å². The number of hydrogen-bond donors (Lipinski definition) is 1. The van der Waals surface area contributed by atoms with Crippen LogP contribution in [0.15, 0.2) is 77.7 Å². The molecule has 0 radical (unpaired) electrons. The van der Waals surface area contributed by atoms with Crippen molar-refractivity contribution in [1.82, 2.24) is 4.90 Å². The van der Waals surface area contributed by atoms with Gasteiger partial charge in [0.1, 0.15) is 17.3 Å². The molecule has 1 N–H and O–H groups in total. The number of carbonyl (C=O) groups excluding carboxylic acids is 1. The second-order valence-electron chi connectivity index (χ2n) is 7.94. The van der Waals surface area contributed by atoms with Crippen LogP contribution in [0, 0.1) is 5.82 Å². The highest BCUT2D eigenvalue weighted by atomic mass is 32.2. The summed E-state index contributed by atoms with van der Waals surface area (Å²) < 4.78 is 51.6. The van der Waals surface area contributed by atoms with Gasteiger partial charge >= 0.3 is 0 Å². The van der Waals surface area contributed by atoms with Gasteiger partial charge in [-0.3, -0.25) is 9.52 Å². The summed E-state index contributed by atoms with van der Waals surface area (Å²) in [6.07, 6.45) is 0. The molecule has 0 aliphatic carbocycles. The molecule has 1 heterocycles. The van der Waals surface area contributed by atoms with Crippen LogP contribution in [-0.4, -0.2) is 59.1 Å². The number of nitrogens with one attached hydrogen (secondary N) is 1. The molecule has 8 nitrogen and oxygen atoms in total. The highest BCUT2D eigenvalue weighted by molar-refractivity contribution is 7.92. The van der Waals surface area contributed by atoms with Gasteiger partial charge in [0.05, 0.1) is 17.7 Å². The van der Waals surface area contributed by atoms with E-state index in [0.717, 1.165) is 5.69 Å². The van der Waals surface area contributed by atoms with Crippen molar-refractivity contribution in [3.05, 3.63) is 78.6 Å². The summed E-state index contributed by atoms with van der Waals surface area (Å²) in [4.78, 5) is 16.4. The third-order valence-corrected chi connectivity index (χ3v) is 7.04. The fraction of sp³-hybridized carbons (Fsp3) is 0.240. The molecule has 4 rings (SSSR count). The number of halogens is 1. The van der Waals surface area contributed by atoms with E-state index in [9.17, 15) is 17.6 Å². The van der Waals surface area contributed by atoms with E-state index in [1.54, 1.807) is 41.3 Å². The third kappa shape index (κ3) is 6.21. The molecule has 0 unspecified atom stereocenters. The molecule has 1 aliphatic heterocycles.